The van der Waals surface area contributed by atoms with Gasteiger partial charge in [0.25, 0.3) is 0 Å². The Kier molecular flexibility index (Phi) is 5.25. The Morgan fingerprint density at radius 2 is 1.38 bits per heavy atom. The van der Waals surface area contributed by atoms with Crippen LogP contribution in [0.4, 0.5) is 0 Å². The first kappa shape index (κ1) is 13.0. The molecule has 0 spiro atoms. The Morgan fingerprint density at radius 1 is 0.812 bits per heavy atom. The van der Waals surface area contributed by atoms with Gasteiger partial charge in [0.15, 0.2) is 6.29 Å². The lowest BCUT2D eigenvalue weighted by Gasteiger charge is -2.23. The van der Waals surface area contributed by atoms with Crippen LogP contribution in [0, 0.1) is 0 Å². The second kappa shape index (κ2) is 6.48. The van der Waals surface area contributed by atoms with Crippen molar-refractivity contribution in [2.24, 2.45) is 0 Å². The molecule has 0 radical (unpaired) electrons. The standard InChI is InChI=1S/C12H18O4/c1-13-10-7-5-9(6-8-10)11(14-2)12(15-3)16-4/h5-8,11-12H,1-4H3. The first-order chi connectivity index (χ1) is 7.76. The van der Waals surface area contributed by atoms with Gasteiger partial charge in [0.05, 0.1) is 7.11 Å². The van der Waals surface area contributed by atoms with Crippen LogP contribution in [-0.2, 0) is 14.2 Å². The Labute approximate surface area is 96.1 Å². The summed E-state index contributed by atoms with van der Waals surface area (Å²) in [6.45, 7) is 0. The zero-order valence-corrected chi connectivity index (χ0v) is 10.1. The highest BCUT2D eigenvalue weighted by Gasteiger charge is 2.22. The van der Waals surface area contributed by atoms with Gasteiger partial charge < -0.3 is 18.9 Å². The van der Waals surface area contributed by atoms with E-state index in [1.807, 2.05) is 24.3 Å². The topological polar surface area (TPSA) is 36.9 Å². The molecule has 1 atom stereocenters. The molecule has 16 heavy (non-hydrogen) atoms. The van der Waals surface area contributed by atoms with Crippen molar-refractivity contribution in [2.45, 2.75) is 12.4 Å². The summed E-state index contributed by atoms with van der Waals surface area (Å²) < 4.78 is 20.8. The summed E-state index contributed by atoms with van der Waals surface area (Å²) in [6.07, 6.45) is -0.667. The summed E-state index contributed by atoms with van der Waals surface area (Å²) in [7, 11) is 6.43. The van der Waals surface area contributed by atoms with Crippen molar-refractivity contribution in [3.63, 3.8) is 0 Å². The summed E-state index contributed by atoms with van der Waals surface area (Å²) in [4.78, 5) is 0. The van der Waals surface area contributed by atoms with Gasteiger partial charge in [0.2, 0.25) is 0 Å². The Bertz CT molecular complexity index is 292. The maximum atomic E-state index is 5.36. The molecule has 1 unspecified atom stereocenters. The van der Waals surface area contributed by atoms with E-state index in [0.717, 1.165) is 11.3 Å². The van der Waals surface area contributed by atoms with Crippen molar-refractivity contribution >= 4 is 0 Å². The summed E-state index contributed by atoms with van der Waals surface area (Å²) >= 11 is 0. The maximum Gasteiger partial charge on any atom is 0.187 e. The molecule has 0 fully saturated rings. The summed E-state index contributed by atoms with van der Waals surface area (Å²) in [6, 6.07) is 7.61. The molecule has 4 heteroatoms. The van der Waals surface area contributed by atoms with Crippen LogP contribution in [0.15, 0.2) is 24.3 Å². The fourth-order valence-electron chi connectivity index (χ4n) is 1.54. The molecular formula is C12H18O4. The molecule has 0 aliphatic carbocycles. The molecule has 1 rings (SSSR count). The van der Waals surface area contributed by atoms with E-state index in [4.69, 9.17) is 18.9 Å². The van der Waals surface area contributed by atoms with E-state index in [9.17, 15) is 0 Å². The lowest BCUT2D eigenvalue weighted by molar-refractivity contribution is -0.175. The Balaban J connectivity index is 2.85. The molecule has 0 bridgehead atoms. The van der Waals surface area contributed by atoms with Gasteiger partial charge in [-0.2, -0.15) is 0 Å². The number of hydrogen-bond acceptors (Lipinski definition) is 4. The van der Waals surface area contributed by atoms with Crippen LogP contribution in [0.1, 0.15) is 11.7 Å². The lowest BCUT2D eigenvalue weighted by atomic mass is 10.1. The molecule has 0 aliphatic rings. The van der Waals surface area contributed by atoms with Crippen molar-refractivity contribution in [3.8, 4) is 5.75 Å². The minimum atomic E-state index is -0.418. The van der Waals surface area contributed by atoms with Gasteiger partial charge in [-0.25, -0.2) is 0 Å². The summed E-state index contributed by atoms with van der Waals surface area (Å²) in [5.41, 5.74) is 0.983. The minimum absolute atomic E-state index is 0.249. The first-order valence-electron chi connectivity index (χ1n) is 4.99. The molecule has 90 valence electrons. The van der Waals surface area contributed by atoms with Crippen molar-refractivity contribution in [2.75, 3.05) is 28.4 Å². The zero-order valence-electron chi connectivity index (χ0n) is 10.1. The third-order valence-electron chi connectivity index (χ3n) is 2.41. The van der Waals surface area contributed by atoms with Crippen LogP contribution < -0.4 is 4.74 Å². The van der Waals surface area contributed by atoms with Gasteiger partial charge in [0.1, 0.15) is 11.9 Å². The van der Waals surface area contributed by atoms with E-state index < -0.39 is 6.29 Å². The van der Waals surface area contributed by atoms with Crippen molar-refractivity contribution in [1.29, 1.82) is 0 Å². The smallest absolute Gasteiger partial charge is 0.187 e. The molecule has 1 aromatic carbocycles. The van der Waals surface area contributed by atoms with Crippen LogP contribution in [0.3, 0.4) is 0 Å². The maximum absolute atomic E-state index is 5.36. The molecule has 0 aliphatic heterocycles. The number of rotatable bonds is 6. The molecule has 0 N–H and O–H groups in total. The van der Waals surface area contributed by atoms with Gasteiger partial charge in [-0.05, 0) is 17.7 Å². The highest BCUT2D eigenvalue weighted by molar-refractivity contribution is 5.28. The molecule has 0 aromatic heterocycles. The quantitative estimate of drug-likeness (QED) is 0.695. The van der Waals surface area contributed by atoms with Crippen molar-refractivity contribution < 1.29 is 18.9 Å². The molecule has 0 amide bonds. The Morgan fingerprint density at radius 3 is 1.75 bits per heavy atom. The van der Waals surface area contributed by atoms with Crippen LogP contribution in [-0.4, -0.2) is 34.7 Å². The van der Waals surface area contributed by atoms with Crippen LogP contribution in [0.25, 0.3) is 0 Å². The van der Waals surface area contributed by atoms with E-state index in [-0.39, 0.29) is 6.10 Å². The van der Waals surface area contributed by atoms with Gasteiger partial charge >= 0.3 is 0 Å². The molecule has 1 aromatic rings. The molecule has 4 nitrogen and oxygen atoms in total. The molecule has 0 saturated carbocycles. The highest BCUT2D eigenvalue weighted by Crippen LogP contribution is 2.24. The second-order valence-electron chi connectivity index (χ2n) is 3.27. The van der Waals surface area contributed by atoms with Gasteiger partial charge in [0, 0.05) is 21.3 Å². The Hall–Kier alpha value is -1.10. The number of ether oxygens (including phenoxy) is 4. The molecule has 0 heterocycles. The van der Waals surface area contributed by atoms with E-state index in [0.29, 0.717) is 0 Å². The predicted molar refractivity (Wildman–Crippen MR) is 60.6 cm³/mol. The second-order valence-corrected chi connectivity index (χ2v) is 3.27. The van der Waals surface area contributed by atoms with Gasteiger partial charge in [-0.1, -0.05) is 12.1 Å². The average Bonchev–Trinajstić information content (AvgIpc) is 2.36. The lowest BCUT2D eigenvalue weighted by Crippen LogP contribution is -2.24. The average molecular weight is 226 g/mol. The molecular weight excluding hydrogens is 208 g/mol. The first-order valence-corrected chi connectivity index (χ1v) is 4.99. The highest BCUT2D eigenvalue weighted by atomic mass is 16.7. The zero-order chi connectivity index (χ0) is 12.0. The normalized spacial score (nSPS) is 12.8. The van der Waals surface area contributed by atoms with E-state index in [1.165, 1.54) is 0 Å². The van der Waals surface area contributed by atoms with E-state index >= 15 is 0 Å². The van der Waals surface area contributed by atoms with E-state index in [2.05, 4.69) is 0 Å². The minimum Gasteiger partial charge on any atom is -0.497 e. The molecule has 0 saturated heterocycles. The number of hydrogen-bond donors (Lipinski definition) is 0. The fraction of sp³-hybridized carbons (Fsp3) is 0.500. The van der Waals surface area contributed by atoms with Crippen LogP contribution in [0.2, 0.25) is 0 Å². The summed E-state index contributed by atoms with van der Waals surface area (Å²) in [5, 5.41) is 0. The summed E-state index contributed by atoms with van der Waals surface area (Å²) in [5.74, 6) is 0.810. The van der Waals surface area contributed by atoms with Crippen molar-refractivity contribution in [3.05, 3.63) is 29.8 Å². The fourth-order valence-corrected chi connectivity index (χ4v) is 1.54. The van der Waals surface area contributed by atoms with Crippen LogP contribution >= 0.6 is 0 Å². The van der Waals surface area contributed by atoms with E-state index in [1.54, 1.807) is 28.4 Å². The van der Waals surface area contributed by atoms with Gasteiger partial charge in [-0.3, -0.25) is 0 Å². The SMILES string of the molecule is COc1ccc(C(OC)C(OC)OC)cc1. The largest absolute Gasteiger partial charge is 0.497 e. The van der Waals surface area contributed by atoms with Crippen molar-refractivity contribution in [1.82, 2.24) is 0 Å². The van der Waals surface area contributed by atoms with Gasteiger partial charge in [-0.15, -0.1) is 0 Å². The number of benzene rings is 1. The third kappa shape index (κ3) is 2.95. The number of methoxy groups -OCH3 is 4. The van der Waals surface area contributed by atoms with Crippen LogP contribution in [0.5, 0.6) is 5.75 Å². The predicted octanol–water partition coefficient (Wildman–Crippen LogP) is 2.00. The monoisotopic (exact) mass is 226 g/mol. The third-order valence-corrected chi connectivity index (χ3v) is 2.41.